The number of aliphatic hydroxyl groups excluding tert-OH is 2. The van der Waals surface area contributed by atoms with E-state index in [0.717, 1.165) is 0 Å². The first-order chi connectivity index (χ1) is 14.8. The van der Waals surface area contributed by atoms with Gasteiger partial charge in [-0.3, -0.25) is 0 Å². The van der Waals surface area contributed by atoms with E-state index in [1.165, 1.54) is 0 Å². The van der Waals surface area contributed by atoms with Crippen molar-refractivity contribution in [3.63, 3.8) is 0 Å². The lowest BCUT2D eigenvalue weighted by Gasteiger charge is -2.41. The van der Waals surface area contributed by atoms with Crippen molar-refractivity contribution in [2.24, 2.45) is 5.92 Å². The maximum Gasteiger partial charge on any atom is 0.384 e. The molecule has 4 nitrogen and oxygen atoms in total. The molecule has 0 rings (SSSR count). The molecule has 2 N–H and O–H groups in total. The molecule has 0 unspecified atom stereocenters. The minimum atomic E-state index is -7.69. The average Bonchev–Trinajstić information content (AvgIpc) is 2.70. The predicted molar refractivity (Wildman–Crippen MR) is 88.5 cm³/mol. The first kappa shape index (κ1) is 32.0. The Bertz CT molecular complexity index is 582. The maximum absolute atomic E-state index is 13.7. The summed E-state index contributed by atoms with van der Waals surface area (Å²) < 4.78 is 172. The van der Waals surface area contributed by atoms with Gasteiger partial charge in [0.25, 0.3) is 0 Å². The minimum absolute atomic E-state index is 0.00240. The van der Waals surface area contributed by atoms with Gasteiger partial charge in [-0.15, -0.1) is 0 Å². The number of unbranched alkanes of at least 4 members (excludes halogenated alkanes) is 2. The van der Waals surface area contributed by atoms with Gasteiger partial charge in [-0.25, -0.2) is 0 Å². The van der Waals surface area contributed by atoms with E-state index in [1.807, 2.05) is 0 Å². The van der Waals surface area contributed by atoms with Gasteiger partial charge in [0.2, 0.25) is 0 Å². The summed E-state index contributed by atoms with van der Waals surface area (Å²) in [5, 5.41) is 17.3. The van der Waals surface area contributed by atoms with Crippen LogP contribution < -0.4 is 0 Å². The van der Waals surface area contributed by atoms with Gasteiger partial charge in [0.15, 0.2) is 0 Å². The Balaban J connectivity index is 5.71. The normalized spacial score (nSPS) is 14.9. The third kappa shape index (κ3) is 6.57. The molecule has 0 bridgehead atoms. The Labute approximate surface area is 180 Å². The summed E-state index contributed by atoms with van der Waals surface area (Å²) in [4.78, 5) is 0. The van der Waals surface area contributed by atoms with E-state index < -0.39 is 81.1 Å². The van der Waals surface area contributed by atoms with Gasteiger partial charge in [-0.1, -0.05) is 19.8 Å². The fourth-order valence-electron chi connectivity index (χ4n) is 2.21. The van der Waals surface area contributed by atoms with Crippen LogP contribution in [0.25, 0.3) is 0 Å². The van der Waals surface area contributed by atoms with Crippen molar-refractivity contribution in [2.45, 2.75) is 61.7 Å². The zero-order valence-corrected chi connectivity index (χ0v) is 17.2. The summed E-state index contributed by atoms with van der Waals surface area (Å²) in [7, 11) is 0. The number of hydrogen-bond donors (Lipinski definition) is 2. The standard InChI is InChI=1S/C17H24F12O4/c1-2-3-4-5-32-9-12(18,19)14(22,23)16(26,27)17(28,29)15(24,25)13(20,21)10-33-8-11(6-30)7-31/h11,30-31H,2-10H2,1H3. The smallest absolute Gasteiger partial charge is 0.384 e. The monoisotopic (exact) mass is 520 g/mol. The lowest BCUT2D eigenvalue weighted by molar-refractivity contribution is -0.429. The molecule has 0 radical (unpaired) electrons. The van der Waals surface area contributed by atoms with Crippen molar-refractivity contribution in [3.05, 3.63) is 0 Å². The van der Waals surface area contributed by atoms with E-state index in [4.69, 9.17) is 10.2 Å². The molecule has 0 spiro atoms. The highest BCUT2D eigenvalue weighted by Crippen LogP contribution is 2.60. The number of alkyl halides is 12. The largest absolute Gasteiger partial charge is 0.396 e. The van der Waals surface area contributed by atoms with Gasteiger partial charge in [-0.2, -0.15) is 52.7 Å². The van der Waals surface area contributed by atoms with Gasteiger partial charge in [0.05, 0.1) is 19.8 Å². The molecule has 0 fully saturated rings. The molecule has 0 aliphatic heterocycles. The minimum Gasteiger partial charge on any atom is -0.396 e. The fraction of sp³-hybridized carbons (Fsp3) is 1.00. The molecule has 0 aromatic heterocycles. The highest BCUT2D eigenvalue weighted by Gasteiger charge is 2.90. The average molecular weight is 520 g/mol. The summed E-state index contributed by atoms with van der Waals surface area (Å²) in [5.74, 6) is -43.6. The molecule has 0 aliphatic rings. The van der Waals surface area contributed by atoms with Crippen LogP contribution in [0.4, 0.5) is 52.7 Å². The summed E-state index contributed by atoms with van der Waals surface area (Å²) in [6.45, 7) is -7.35. The van der Waals surface area contributed by atoms with Crippen LogP contribution in [-0.2, 0) is 9.47 Å². The first-order valence-electron chi connectivity index (χ1n) is 9.44. The molecule has 200 valence electrons. The fourth-order valence-corrected chi connectivity index (χ4v) is 2.21. The molecule has 0 atom stereocenters. The Kier molecular flexibility index (Phi) is 11.3. The van der Waals surface area contributed by atoms with E-state index >= 15 is 0 Å². The SMILES string of the molecule is CCCCCOCC(F)(F)C(F)(F)C(F)(F)C(F)(F)C(F)(F)C(F)(F)COCC(CO)CO. The van der Waals surface area contributed by atoms with Crippen LogP contribution in [0, 0.1) is 5.92 Å². The number of rotatable bonds is 17. The molecule has 33 heavy (non-hydrogen) atoms. The van der Waals surface area contributed by atoms with Crippen molar-refractivity contribution in [1.82, 2.24) is 0 Å². The molecular weight excluding hydrogens is 496 g/mol. The lowest BCUT2D eigenvalue weighted by Crippen LogP contribution is -2.71. The van der Waals surface area contributed by atoms with Crippen LogP contribution >= 0.6 is 0 Å². The molecule has 16 heteroatoms. The second kappa shape index (κ2) is 11.6. The van der Waals surface area contributed by atoms with Gasteiger partial charge in [-0.05, 0) is 6.42 Å². The second-order valence-electron chi connectivity index (χ2n) is 7.21. The van der Waals surface area contributed by atoms with Gasteiger partial charge in [0.1, 0.15) is 13.2 Å². The molecule has 0 amide bonds. The van der Waals surface area contributed by atoms with Crippen LogP contribution in [0.2, 0.25) is 0 Å². The third-order valence-electron chi connectivity index (χ3n) is 4.43. The molecular formula is C17H24F12O4. The molecule has 0 aromatic carbocycles. The van der Waals surface area contributed by atoms with Crippen LogP contribution in [0.5, 0.6) is 0 Å². The van der Waals surface area contributed by atoms with E-state index in [2.05, 4.69) is 9.47 Å². The van der Waals surface area contributed by atoms with E-state index in [9.17, 15) is 52.7 Å². The van der Waals surface area contributed by atoms with Crippen molar-refractivity contribution in [1.29, 1.82) is 0 Å². The molecule has 0 heterocycles. The second-order valence-corrected chi connectivity index (χ2v) is 7.21. The van der Waals surface area contributed by atoms with Crippen LogP contribution in [0.3, 0.4) is 0 Å². The quantitative estimate of drug-likeness (QED) is 0.217. The summed E-state index contributed by atoms with van der Waals surface area (Å²) in [6, 6.07) is 0. The van der Waals surface area contributed by atoms with Gasteiger partial charge >= 0.3 is 35.5 Å². The zero-order valence-electron chi connectivity index (χ0n) is 17.2. The highest BCUT2D eigenvalue weighted by molar-refractivity contribution is 5.11. The van der Waals surface area contributed by atoms with Crippen molar-refractivity contribution in [3.8, 4) is 0 Å². The van der Waals surface area contributed by atoms with E-state index in [0.29, 0.717) is 12.8 Å². The van der Waals surface area contributed by atoms with Gasteiger partial charge < -0.3 is 19.7 Å². The lowest BCUT2D eigenvalue weighted by atomic mass is 9.91. The van der Waals surface area contributed by atoms with Crippen LogP contribution in [0.1, 0.15) is 26.2 Å². The summed E-state index contributed by atoms with van der Waals surface area (Å²) in [5.41, 5.74) is 0. The number of ether oxygens (including phenoxy) is 2. The van der Waals surface area contributed by atoms with Crippen LogP contribution in [0.15, 0.2) is 0 Å². The van der Waals surface area contributed by atoms with E-state index in [-0.39, 0.29) is 6.42 Å². The molecule has 0 saturated heterocycles. The van der Waals surface area contributed by atoms with E-state index in [1.54, 1.807) is 6.92 Å². The molecule has 0 aliphatic carbocycles. The highest BCUT2D eigenvalue weighted by atomic mass is 19.4. The Morgan fingerprint density at radius 2 is 1.00 bits per heavy atom. The van der Waals surface area contributed by atoms with Crippen molar-refractivity contribution in [2.75, 3.05) is 39.6 Å². The Morgan fingerprint density at radius 3 is 1.36 bits per heavy atom. The predicted octanol–water partition coefficient (Wildman–Crippen LogP) is 4.62. The summed E-state index contributed by atoms with van der Waals surface area (Å²) >= 11 is 0. The third-order valence-corrected chi connectivity index (χ3v) is 4.43. The maximum atomic E-state index is 13.7. The van der Waals surface area contributed by atoms with Crippen molar-refractivity contribution >= 4 is 0 Å². The van der Waals surface area contributed by atoms with Crippen LogP contribution in [-0.4, -0.2) is 85.4 Å². The van der Waals surface area contributed by atoms with Crippen molar-refractivity contribution < 1.29 is 72.4 Å². The molecule has 0 aromatic rings. The number of hydrogen-bond acceptors (Lipinski definition) is 4. The molecule has 0 saturated carbocycles. The first-order valence-corrected chi connectivity index (χ1v) is 9.44. The number of aliphatic hydroxyl groups is 2. The topological polar surface area (TPSA) is 58.9 Å². The zero-order chi connectivity index (χ0) is 26.4. The van der Waals surface area contributed by atoms with Gasteiger partial charge in [0, 0.05) is 12.5 Å². The Morgan fingerprint density at radius 1 is 0.606 bits per heavy atom. The number of halogens is 12. The Hall–Kier alpha value is -1.00. The summed E-state index contributed by atoms with van der Waals surface area (Å²) in [6.07, 6.45) is 0.854.